The van der Waals surface area contributed by atoms with Crippen molar-refractivity contribution in [3.8, 4) is 11.5 Å². The molecule has 2 fully saturated rings. The van der Waals surface area contributed by atoms with Gasteiger partial charge in [0.05, 0.1) is 27.4 Å². The third-order valence-electron chi connectivity index (χ3n) is 5.38. The first-order chi connectivity index (χ1) is 15.7. The van der Waals surface area contributed by atoms with Crippen molar-refractivity contribution in [1.29, 1.82) is 0 Å². The van der Waals surface area contributed by atoms with E-state index < -0.39 is 67.9 Å². The summed E-state index contributed by atoms with van der Waals surface area (Å²) in [6.07, 6.45) is -13.5. The van der Waals surface area contributed by atoms with E-state index in [0.717, 1.165) is 0 Å². The number of carbonyl (C=O) groups is 1. The van der Waals surface area contributed by atoms with E-state index >= 15 is 0 Å². The van der Waals surface area contributed by atoms with E-state index in [9.17, 15) is 35.4 Å². The van der Waals surface area contributed by atoms with Crippen LogP contribution < -0.4 is 9.47 Å². The van der Waals surface area contributed by atoms with Crippen molar-refractivity contribution < 1.29 is 63.9 Å². The molecule has 0 aromatic heterocycles. The zero-order valence-corrected chi connectivity index (χ0v) is 17.9. The summed E-state index contributed by atoms with van der Waals surface area (Å²) in [5.41, 5.74) is -0.0349. The molecule has 0 saturated carbocycles. The van der Waals surface area contributed by atoms with Gasteiger partial charge >= 0.3 is 5.97 Å². The Balaban J connectivity index is 1.71. The van der Waals surface area contributed by atoms with E-state index in [4.69, 9.17) is 28.4 Å². The molecule has 9 atom stereocenters. The van der Waals surface area contributed by atoms with E-state index in [1.54, 1.807) is 0 Å². The summed E-state index contributed by atoms with van der Waals surface area (Å²) in [5.74, 6) is -0.454. The molecule has 6 N–H and O–H groups in total. The first-order valence-corrected chi connectivity index (χ1v) is 10.1. The van der Waals surface area contributed by atoms with Gasteiger partial charge in [-0.1, -0.05) is 0 Å². The van der Waals surface area contributed by atoms with Crippen LogP contribution in [0.15, 0.2) is 18.2 Å². The number of rotatable bonds is 7. The number of aliphatic hydroxyl groups is 6. The molecule has 2 saturated heterocycles. The van der Waals surface area contributed by atoms with Gasteiger partial charge in [-0.25, -0.2) is 4.79 Å². The average Bonchev–Trinajstić information content (AvgIpc) is 2.82. The number of benzene rings is 1. The third kappa shape index (κ3) is 5.54. The van der Waals surface area contributed by atoms with Crippen molar-refractivity contribution in [3.05, 3.63) is 23.8 Å². The fourth-order valence-corrected chi connectivity index (χ4v) is 3.40. The Labute approximate surface area is 188 Å². The highest BCUT2D eigenvalue weighted by atomic mass is 16.7. The van der Waals surface area contributed by atoms with Crippen LogP contribution in [0.3, 0.4) is 0 Å². The Morgan fingerprint density at radius 3 is 2.33 bits per heavy atom. The third-order valence-corrected chi connectivity index (χ3v) is 5.38. The molecule has 13 heteroatoms. The van der Waals surface area contributed by atoms with Crippen LogP contribution in [0.4, 0.5) is 0 Å². The van der Waals surface area contributed by atoms with Crippen LogP contribution in [-0.4, -0.2) is 119 Å². The standard InChI is InChI=1S/C20H28O13/c1-28-8-3-4-11(9(5-8)18(27)29-2)32-20-17(26)15(24)14(23)12(33-20)7-31-19-16(25)13(22)10(21)6-30-19/h3-5,10,12-17,19-26H,6-7H2,1-2H3/t10-,12-,13+,14-,15+,16-,17-,19-,20-/m0/s1. The molecule has 0 amide bonds. The van der Waals surface area contributed by atoms with Gasteiger partial charge in [0.2, 0.25) is 6.29 Å². The molecule has 0 spiro atoms. The summed E-state index contributed by atoms with van der Waals surface area (Å²) in [4.78, 5) is 12.1. The van der Waals surface area contributed by atoms with E-state index in [1.165, 1.54) is 32.4 Å². The zero-order valence-electron chi connectivity index (χ0n) is 17.9. The number of ether oxygens (including phenoxy) is 6. The molecule has 2 heterocycles. The van der Waals surface area contributed by atoms with Crippen molar-refractivity contribution in [3.63, 3.8) is 0 Å². The number of aliphatic hydroxyl groups excluding tert-OH is 6. The maximum absolute atomic E-state index is 12.1. The molecule has 2 aliphatic rings. The summed E-state index contributed by atoms with van der Waals surface area (Å²) in [5, 5.41) is 60.1. The lowest BCUT2D eigenvalue weighted by Gasteiger charge is -2.41. The predicted molar refractivity (Wildman–Crippen MR) is 105 cm³/mol. The highest BCUT2D eigenvalue weighted by Crippen LogP contribution is 2.30. The maximum atomic E-state index is 12.1. The lowest BCUT2D eigenvalue weighted by atomic mass is 9.99. The number of methoxy groups -OCH3 is 2. The van der Waals surface area contributed by atoms with Crippen molar-refractivity contribution in [1.82, 2.24) is 0 Å². The number of esters is 1. The fourth-order valence-electron chi connectivity index (χ4n) is 3.40. The minimum Gasteiger partial charge on any atom is -0.497 e. The molecule has 13 nitrogen and oxygen atoms in total. The topological polar surface area (TPSA) is 194 Å². The van der Waals surface area contributed by atoms with Crippen LogP contribution in [0.1, 0.15) is 10.4 Å². The molecule has 0 bridgehead atoms. The zero-order chi connectivity index (χ0) is 24.3. The van der Waals surface area contributed by atoms with Crippen LogP contribution in [0.5, 0.6) is 11.5 Å². The highest BCUT2D eigenvalue weighted by Gasteiger charge is 2.46. The summed E-state index contributed by atoms with van der Waals surface area (Å²) in [7, 11) is 2.57. The van der Waals surface area contributed by atoms with Crippen LogP contribution in [0, 0.1) is 0 Å². The number of carbonyl (C=O) groups excluding carboxylic acids is 1. The number of hydrogen-bond donors (Lipinski definition) is 6. The molecular weight excluding hydrogens is 448 g/mol. The lowest BCUT2D eigenvalue weighted by molar-refractivity contribution is -0.307. The molecule has 0 radical (unpaired) electrons. The normalized spacial score (nSPS) is 36.8. The summed E-state index contributed by atoms with van der Waals surface area (Å²) in [6, 6.07) is 4.22. The SMILES string of the molecule is COC(=O)c1cc(OC)ccc1O[C@H]1O[C@@H](CO[C@@H]2OC[C@H](O)[C@@H](O)[C@@H]2O)[C@H](O)[C@@H](O)[C@@H]1O. The van der Waals surface area contributed by atoms with Gasteiger partial charge in [0.15, 0.2) is 6.29 Å². The van der Waals surface area contributed by atoms with Gasteiger partial charge < -0.3 is 59.1 Å². The fraction of sp³-hybridized carbons (Fsp3) is 0.650. The van der Waals surface area contributed by atoms with Crippen LogP contribution in [-0.2, 0) is 18.9 Å². The molecule has 1 aromatic carbocycles. The van der Waals surface area contributed by atoms with Gasteiger partial charge in [0.1, 0.15) is 59.8 Å². The smallest absolute Gasteiger partial charge is 0.341 e. The summed E-state index contributed by atoms with van der Waals surface area (Å²) < 4.78 is 31.4. The van der Waals surface area contributed by atoms with E-state index in [-0.39, 0.29) is 17.9 Å². The monoisotopic (exact) mass is 476 g/mol. The Kier molecular flexibility index (Phi) is 8.44. The van der Waals surface area contributed by atoms with Gasteiger partial charge in [-0.05, 0) is 18.2 Å². The first kappa shape index (κ1) is 25.6. The number of hydrogen-bond acceptors (Lipinski definition) is 13. The second-order valence-electron chi connectivity index (χ2n) is 7.57. The van der Waals surface area contributed by atoms with E-state index in [1.807, 2.05) is 0 Å². The second kappa shape index (κ2) is 10.9. The van der Waals surface area contributed by atoms with Crippen molar-refractivity contribution >= 4 is 5.97 Å². The maximum Gasteiger partial charge on any atom is 0.341 e. The Bertz CT molecular complexity index is 804. The quantitative estimate of drug-likeness (QED) is 0.220. The van der Waals surface area contributed by atoms with E-state index in [2.05, 4.69) is 0 Å². The van der Waals surface area contributed by atoms with Crippen molar-refractivity contribution in [2.75, 3.05) is 27.4 Å². The molecule has 1 aromatic rings. The van der Waals surface area contributed by atoms with Crippen molar-refractivity contribution in [2.45, 2.75) is 55.3 Å². The van der Waals surface area contributed by atoms with Crippen LogP contribution in [0.25, 0.3) is 0 Å². The minimum atomic E-state index is -1.71. The van der Waals surface area contributed by atoms with E-state index in [0.29, 0.717) is 5.75 Å². The van der Waals surface area contributed by atoms with Gasteiger partial charge in [-0.15, -0.1) is 0 Å². The minimum absolute atomic E-state index is 0.0349. The van der Waals surface area contributed by atoms with Crippen LogP contribution >= 0.6 is 0 Å². The summed E-state index contributed by atoms with van der Waals surface area (Å²) >= 11 is 0. The molecule has 2 aliphatic heterocycles. The molecule has 33 heavy (non-hydrogen) atoms. The molecular formula is C20H28O13. The molecule has 3 rings (SSSR count). The second-order valence-corrected chi connectivity index (χ2v) is 7.57. The van der Waals surface area contributed by atoms with Gasteiger partial charge in [0, 0.05) is 0 Å². The Hall–Kier alpha value is -2.07. The Morgan fingerprint density at radius 1 is 0.970 bits per heavy atom. The van der Waals surface area contributed by atoms with Gasteiger partial charge in [0.25, 0.3) is 0 Å². The van der Waals surface area contributed by atoms with Crippen molar-refractivity contribution in [2.24, 2.45) is 0 Å². The largest absolute Gasteiger partial charge is 0.497 e. The highest BCUT2D eigenvalue weighted by molar-refractivity contribution is 5.93. The Morgan fingerprint density at radius 2 is 1.67 bits per heavy atom. The van der Waals surface area contributed by atoms with Gasteiger partial charge in [-0.2, -0.15) is 0 Å². The molecule has 0 unspecified atom stereocenters. The van der Waals surface area contributed by atoms with Crippen LogP contribution in [0.2, 0.25) is 0 Å². The molecule has 0 aliphatic carbocycles. The summed E-state index contributed by atoms with van der Waals surface area (Å²) in [6.45, 7) is -0.736. The lowest BCUT2D eigenvalue weighted by Crippen LogP contribution is -2.61. The average molecular weight is 476 g/mol. The first-order valence-electron chi connectivity index (χ1n) is 10.1. The predicted octanol–water partition coefficient (Wildman–Crippen LogP) is -2.88. The van der Waals surface area contributed by atoms with Gasteiger partial charge in [-0.3, -0.25) is 0 Å². The molecule has 186 valence electrons.